The second kappa shape index (κ2) is 9.99. The first-order valence-electron chi connectivity index (χ1n) is 9.79. The van der Waals surface area contributed by atoms with Crippen LogP contribution < -0.4 is 4.90 Å². The van der Waals surface area contributed by atoms with Gasteiger partial charge in [-0.2, -0.15) is 5.26 Å². The van der Waals surface area contributed by atoms with E-state index in [0.29, 0.717) is 22.1 Å². The molecule has 1 saturated heterocycles. The van der Waals surface area contributed by atoms with Crippen molar-refractivity contribution in [1.29, 1.82) is 5.26 Å². The number of nitriles is 1. The normalized spacial score (nSPS) is 17.6. The van der Waals surface area contributed by atoms with Crippen LogP contribution in [0.15, 0.2) is 36.9 Å². The average Bonchev–Trinajstić information content (AvgIpc) is 3.31. The zero-order valence-electron chi connectivity index (χ0n) is 16.5. The molecular formula is C20H20Cl2N5O3P. The molecule has 0 amide bonds. The second-order valence-electron chi connectivity index (χ2n) is 7.06. The van der Waals surface area contributed by atoms with E-state index >= 15 is 0 Å². The number of hydrogen-bond donors (Lipinski definition) is 0. The molecule has 0 aliphatic carbocycles. The number of fused-ring (bicyclic) bond motifs is 1. The van der Waals surface area contributed by atoms with E-state index in [1.807, 2.05) is 29.0 Å². The number of rotatable bonds is 7. The smallest absolute Gasteiger partial charge is 0.319 e. The summed E-state index contributed by atoms with van der Waals surface area (Å²) < 4.78 is 24.7. The van der Waals surface area contributed by atoms with E-state index in [1.54, 1.807) is 18.6 Å². The zero-order valence-corrected chi connectivity index (χ0v) is 19.0. The number of imidazole rings is 1. The Balaban J connectivity index is 1.62. The number of anilines is 1. The van der Waals surface area contributed by atoms with Gasteiger partial charge in [0.2, 0.25) is 0 Å². The number of nitrogens with zero attached hydrogens (tertiary/aromatic N) is 5. The van der Waals surface area contributed by atoms with Crippen LogP contribution in [-0.4, -0.2) is 40.3 Å². The summed E-state index contributed by atoms with van der Waals surface area (Å²) in [5.41, 5.74) is 1.49. The van der Waals surface area contributed by atoms with Gasteiger partial charge in [-0.15, -0.1) is 0 Å². The molecule has 1 fully saturated rings. The molecule has 2 unspecified atom stereocenters. The van der Waals surface area contributed by atoms with Crippen LogP contribution >= 0.6 is 31.5 Å². The van der Waals surface area contributed by atoms with Gasteiger partial charge in [0, 0.05) is 36.9 Å². The summed E-state index contributed by atoms with van der Waals surface area (Å²) >= 11 is 12.7. The lowest BCUT2D eigenvalue weighted by atomic mass is 10.1. The maximum absolute atomic E-state index is 12.1. The summed E-state index contributed by atoms with van der Waals surface area (Å²) in [7, 11) is -2.65. The molecule has 4 rings (SSSR count). The van der Waals surface area contributed by atoms with E-state index in [0.717, 1.165) is 36.3 Å². The van der Waals surface area contributed by atoms with Crippen molar-refractivity contribution >= 4 is 48.2 Å². The lowest BCUT2D eigenvalue weighted by Gasteiger charge is -2.33. The molecule has 2 aromatic heterocycles. The van der Waals surface area contributed by atoms with Gasteiger partial charge in [0.25, 0.3) is 0 Å². The number of aromatic nitrogens is 3. The molecule has 0 radical (unpaired) electrons. The van der Waals surface area contributed by atoms with Crippen molar-refractivity contribution in [3.05, 3.63) is 47.0 Å². The predicted octanol–water partition coefficient (Wildman–Crippen LogP) is 5.03. The van der Waals surface area contributed by atoms with Gasteiger partial charge in [0.05, 0.1) is 52.8 Å². The van der Waals surface area contributed by atoms with Gasteiger partial charge >= 0.3 is 8.25 Å². The van der Waals surface area contributed by atoms with Crippen LogP contribution in [0.5, 0.6) is 0 Å². The first kappa shape index (κ1) is 22.1. The molecular weight excluding hydrogens is 460 g/mol. The Labute approximate surface area is 190 Å². The van der Waals surface area contributed by atoms with Crippen molar-refractivity contribution in [1.82, 2.24) is 14.5 Å². The zero-order chi connectivity index (χ0) is 21.8. The Kier molecular flexibility index (Phi) is 7.11. The third-order valence-corrected chi connectivity index (χ3v) is 6.78. The van der Waals surface area contributed by atoms with Gasteiger partial charge < -0.3 is 18.5 Å². The van der Waals surface area contributed by atoms with Crippen LogP contribution in [-0.2, 0) is 13.6 Å². The number of halogens is 2. The molecule has 1 aliphatic rings. The Hall–Kier alpha value is -2.14. The first-order chi connectivity index (χ1) is 15.1. The van der Waals surface area contributed by atoms with Crippen molar-refractivity contribution in [3.63, 3.8) is 0 Å². The maximum atomic E-state index is 12.1. The van der Waals surface area contributed by atoms with Gasteiger partial charge in [0.1, 0.15) is 5.82 Å². The molecule has 1 aliphatic heterocycles. The molecule has 0 bridgehead atoms. The summed E-state index contributed by atoms with van der Waals surface area (Å²) in [5.74, 6) is 0.721. The van der Waals surface area contributed by atoms with E-state index in [1.165, 1.54) is 0 Å². The molecule has 162 valence electrons. The highest BCUT2D eigenvalue weighted by Crippen LogP contribution is 2.36. The molecule has 8 nitrogen and oxygen atoms in total. The molecule has 11 heteroatoms. The van der Waals surface area contributed by atoms with E-state index in [2.05, 4.69) is 9.88 Å². The molecule has 0 N–H and O–H groups in total. The van der Waals surface area contributed by atoms with Crippen LogP contribution in [0.1, 0.15) is 19.3 Å². The summed E-state index contributed by atoms with van der Waals surface area (Å²) in [6, 6.07) is 7.57. The van der Waals surface area contributed by atoms with Gasteiger partial charge in [-0.3, -0.25) is 4.57 Å². The fourth-order valence-corrected chi connectivity index (χ4v) is 4.73. The predicted molar refractivity (Wildman–Crippen MR) is 120 cm³/mol. The summed E-state index contributed by atoms with van der Waals surface area (Å²) in [4.78, 5) is 11.0. The van der Waals surface area contributed by atoms with E-state index in [4.69, 9.17) is 42.5 Å². The molecule has 3 heterocycles. The summed E-state index contributed by atoms with van der Waals surface area (Å²) in [5, 5.41) is 10.2. The maximum Gasteiger partial charge on any atom is 0.319 e. The molecule has 0 spiro atoms. The first-order valence-corrected chi connectivity index (χ1v) is 11.8. The average molecular weight is 480 g/mol. The van der Waals surface area contributed by atoms with E-state index in [-0.39, 0.29) is 19.1 Å². The second-order valence-corrected chi connectivity index (χ2v) is 8.87. The fraction of sp³-hybridized carbons (Fsp3) is 0.350. The Morgan fingerprint density at radius 3 is 3.00 bits per heavy atom. The minimum atomic E-state index is -2.65. The lowest BCUT2D eigenvalue weighted by molar-refractivity contribution is 0.149. The number of hydrogen-bond acceptors (Lipinski definition) is 7. The molecule has 0 saturated carbocycles. The molecule has 2 atom stereocenters. The van der Waals surface area contributed by atoms with Gasteiger partial charge in [0.15, 0.2) is 0 Å². The molecule has 3 aromatic rings. The third-order valence-electron chi connectivity index (χ3n) is 5.02. The van der Waals surface area contributed by atoms with Crippen molar-refractivity contribution in [2.24, 2.45) is 0 Å². The minimum absolute atomic E-state index is 0.102. The quantitative estimate of drug-likeness (QED) is 0.346. The van der Waals surface area contributed by atoms with Crippen LogP contribution in [0.4, 0.5) is 5.82 Å². The van der Waals surface area contributed by atoms with Crippen molar-refractivity contribution < 1.29 is 13.6 Å². The van der Waals surface area contributed by atoms with Gasteiger partial charge in [-0.25, -0.2) is 9.97 Å². The van der Waals surface area contributed by atoms with Crippen LogP contribution in [0.2, 0.25) is 10.0 Å². The monoisotopic (exact) mass is 479 g/mol. The SMILES string of the molecule is N#CCCO[PH](=O)OC1CCCN(c2cc(-n3ccnc3)c3ccc(Cl)c(Cl)c3n2)C1. The van der Waals surface area contributed by atoms with E-state index in [9.17, 15) is 4.57 Å². The van der Waals surface area contributed by atoms with Crippen molar-refractivity contribution in [2.45, 2.75) is 25.4 Å². The Bertz CT molecular complexity index is 1140. The number of benzene rings is 1. The van der Waals surface area contributed by atoms with E-state index < -0.39 is 8.25 Å². The standard InChI is InChI=1S/C20H20Cl2N5O3P/c21-16-5-4-15-17(27-9-7-24-13-27)11-18(25-20(15)19(16)22)26-8-1-3-14(12-26)30-31(28)29-10-2-6-23/h4-5,7,9,11,13-14,31H,1-3,8,10,12H2. The van der Waals surface area contributed by atoms with Gasteiger partial charge in [-0.05, 0) is 25.0 Å². The number of piperidine rings is 1. The molecule has 1 aromatic carbocycles. The highest BCUT2D eigenvalue weighted by Gasteiger charge is 2.25. The van der Waals surface area contributed by atoms with Gasteiger partial charge in [-0.1, -0.05) is 23.2 Å². The van der Waals surface area contributed by atoms with Crippen LogP contribution in [0.25, 0.3) is 16.6 Å². The van der Waals surface area contributed by atoms with Crippen LogP contribution in [0.3, 0.4) is 0 Å². The Morgan fingerprint density at radius 1 is 1.35 bits per heavy atom. The third kappa shape index (κ3) is 5.03. The van der Waals surface area contributed by atoms with Crippen LogP contribution in [0, 0.1) is 11.3 Å². The van der Waals surface area contributed by atoms with Crippen molar-refractivity contribution in [2.75, 3.05) is 24.6 Å². The Morgan fingerprint density at radius 2 is 2.23 bits per heavy atom. The lowest BCUT2D eigenvalue weighted by Crippen LogP contribution is -2.39. The van der Waals surface area contributed by atoms with Crippen molar-refractivity contribution in [3.8, 4) is 11.8 Å². The number of pyridine rings is 1. The largest absolute Gasteiger partial charge is 0.354 e. The summed E-state index contributed by atoms with van der Waals surface area (Å²) in [6.45, 7) is 1.39. The minimum Gasteiger partial charge on any atom is -0.354 e. The molecule has 31 heavy (non-hydrogen) atoms. The summed E-state index contributed by atoms with van der Waals surface area (Å²) in [6.07, 6.45) is 6.81. The fourth-order valence-electron chi connectivity index (χ4n) is 3.57. The highest BCUT2D eigenvalue weighted by molar-refractivity contribution is 7.33. The topological polar surface area (TPSA) is 93.3 Å². The highest BCUT2D eigenvalue weighted by atomic mass is 35.5.